The Labute approximate surface area is 155 Å². The maximum absolute atomic E-state index is 12.2. The first-order chi connectivity index (χ1) is 12.8. The third-order valence-corrected chi connectivity index (χ3v) is 4.88. The Kier molecular flexibility index (Phi) is 6.45. The average molecular weight is 351 g/mol. The van der Waals surface area contributed by atoms with Crippen molar-refractivity contribution >= 4 is 12.0 Å². The van der Waals surface area contributed by atoms with Gasteiger partial charge in [0, 0.05) is 36.6 Å². The summed E-state index contributed by atoms with van der Waals surface area (Å²) in [7, 11) is 1.63. The van der Waals surface area contributed by atoms with Gasteiger partial charge in [-0.1, -0.05) is 42.5 Å². The smallest absolute Gasteiger partial charge is 0.244 e. The zero-order valence-corrected chi connectivity index (χ0v) is 15.3. The highest BCUT2D eigenvalue weighted by Gasteiger charge is 2.17. The van der Waals surface area contributed by atoms with Gasteiger partial charge < -0.3 is 15.0 Å². The van der Waals surface area contributed by atoms with E-state index in [2.05, 4.69) is 23.5 Å². The Morgan fingerprint density at radius 1 is 1.08 bits per heavy atom. The van der Waals surface area contributed by atoms with Crippen molar-refractivity contribution in [3.05, 3.63) is 71.3 Å². The second-order valence-electron chi connectivity index (χ2n) is 6.70. The number of hydrogen-bond acceptors (Lipinski definition) is 2. The number of hydrogen-bond donors (Lipinski definition) is 2. The number of methoxy groups -OCH3 is 1. The summed E-state index contributed by atoms with van der Waals surface area (Å²) in [5, 5.41) is 3.00. The number of quaternary nitrogens is 1. The molecule has 1 fully saturated rings. The van der Waals surface area contributed by atoms with Gasteiger partial charge in [-0.3, -0.25) is 4.79 Å². The highest BCUT2D eigenvalue weighted by atomic mass is 16.5. The van der Waals surface area contributed by atoms with Gasteiger partial charge in [-0.2, -0.15) is 0 Å². The van der Waals surface area contributed by atoms with Gasteiger partial charge in [0.05, 0.1) is 20.2 Å². The number of nitrogens with one attached hydrogen (secondary N) is 2. The van der Waals surface area contributed by atoms with Crippen LogP contribution in [0.15, 0.2) is 54.6 Å². The van der Waals surface area contributed by atoms with Crippen LogP contribution in [-0.2, 0) is 17.9 Å². The maximum atomic E-state index is 12.2. The molecule has 2 N–H and O–H groups in total. The molecule has 2 aromatic rings. The monoisotopic (exact) mass is 351 g/mol. The van der Waals surface area contributed by atoms with E-state index in [-0.39, 0.29) is 5.91 Å². The van der Waals surface area contributed by atoms with Gasteiger partial charge in [0.1, 0.15) is 12.3 Å². The third kappa shape index (κ3) is 4.96. The first-order valence-electron chi connectivity index (χ1n) is 9.25. The molecule has 3 rings (SSSR count). The van der Waals surface area contributed by atoms with Crippen molar-refractivity contribution in [1.29, 1.82) is 0 Å². The number of benzene rings is 2. The van der Waals surface area contributed by atoms with E-state index in [9.17, 15) is 4.79 Å². The molecule has 0 aliphatic carbocycles. The number of para-hydroxylation sites is 1. The predicted molar refractivity (Wildman–Crippen MR) is 104 cm³/mol. The molecule has 26 heavy (non-hydrogen) atoms. The number of ether oxygens (including phenoxy) is 1. The van der Waals surface area contributed by atoms with Gasteiger partial charge in [-0.05, 0) is 17.7 Å². The van der Waals surface area contributed by atoms with Crippen molar-refractivity contribution in [3.63, 3.8) is 0 Å². The summed E-state index contributed by atoms with van der Waals surface area (Å²) in [5.41, 5.74) is 3.42. The van der Waals surface area contributed by atoms with Crippen LogP contribution in [0.5, 0.6) is 5.75 Å². The van der Waals surface area contributed by atoms with Crippen LogP contribution in [0, 0.1) is 0 Å². The fourth-order valence-corrected chi connectivity index (χ4v) is 3.43. The summed E-state index contributed by atoms with van der Waals surface area (Å²) in [5.74, 6) is 0.662. The van der Waals surface area contributed by atoms with Crippen LogP contribution < -0.4 is 15.0 Å². The molecule has 1 aliphatic heterocycles. The Hall–Kier alpha value is -2.59. The van der Waals surface area contributed by atoms with E-state index >= 15 is 0 Å². The summed E-state index contributed by atoms with van der Waals surface area (Å²) in [4.78, 5) is 13.8. The van der Waals surface area contributed by atoms with E-state index in [1.165, 1.54) is 37.1 Å². The van der Waals surface area contributed by atoms with Crippen LogP contribution >= 0.6 is 0 Å². The second-order valence-corrected chi connectivity index (χ2v) is 6.70. The minimum Gasteiger partial charge on any atom is -0.496 e. The molecule has 4 nitrogen and oxygen atoms in total. The van der Waals surface area contributed by atoms with Crippen molar-refractivity contribution in [2.24, 2.45) is 0 Å². The predicted octanol–water partition coefficient (Wildman–Crippen LogP) is 2.20. The average Bonchev–Trinajstić information content (AvgIpc) is 3.19. The normalized spacial score (nSPS) is 14.7. The fourth-order valence-electron chi connectivity index (χ4n) is 3.43. The molecule has 4 heteroatoms. The zero-order chi connectivity index (χ0) is 18.2. The first-order valence-corrected chi connectivity index (χ1v) is 9.25. The van der Waals surface area contributed by atoms with E-state index in [4.69, 9.17) is 4.74 Å². The van der Waals surface area contributed by atoms with E-state index in [1.54, 1.807) is 24.2 Å². The van der Waals surface area contributed by atoms with Crippen LogP contribution in [0.1, 0.15) is 29.5 Å². The number of likely N-dealkylation sites (tertiary alicyclic amines) is 1. The summed E-state index contributed by atoms with van der Waals surface area (Å²) >= 11 is 0. The molecule has 0 radical (unpaired) electrons. The number of carbonyl (C=O) groups is 1. The van der Waals surface area contributed by atoms with Crippen LogP contribution in [-0.4, -0.2) is 26.1 Å². The first kappa shape index (κ1) is 18.2. The van der Waals surface area contributed by atoms with Gasteiger partial charge in [-0.15, -0.1) is 0 Å². The number of amides is 1. The molecule has 0 bridgehead atoms. The molecule has 136 valence electrons. The lowest BCUT2D eigenvalue weighted by atomic mass is 10.1. The molecule has 1 heterocycles. The standard InChI is InChI=1S/C22H26N2O2/c1-26-21-11-5-4-8-18(21)12-13-22(25)23-16-19-9-2-3-10-20(19)17-24-14-6-7-15-24/h2-5,8-13H,6-7,14-17H2,1H3,(H,23,25)/p+1/b13-12+. The van der Waals surface area contributed by atoms with Crippen LogP contribution in [0.3, 0.4) is 0 Å². The van der Waals surface area contributed by atoms with Gasteiger partial charge in [0.2, 0.25) is 5.91 Å². The topological polar surface area (TPSA) is 42.8 Å². The van der Waals surface area contributed by atoms with Crippen LogP contribution in [0.4, 0.5) is 0 Å². The second kappa shape index (κ2) is 9.20. The molecule has 1 amide bonds. The molecule has 0 aromatic heterocycles. The zero-order valence-electron chi connectivity index (χ0n) is 15.3. The van der Waals surface area contributed by atoms with Gasteiger partial charge in [0.25, 0.3) is 0 Å². The molecule has 1 aliphatic rings. The van der Waals surface area contributed by atoms with Crippen molar-refractivity contribution in [1.82, 2.24) is 5.32 Å². The van der Waals surface area contributed by atoms with Crippen molar-refractivity contribution in [2.45, 2.75) is 25.9 Å². The molecule has 1 saturated heterocycles. The lowest BCUT2D eigenvalue weighted by Gasteiger charge is -2.15. The van der Waals surface area contributed by atoms with Gasteiger partial charge >= 0.3 is 0 Å². The Morgan fingerprint density at radius 3 is 2.54 bits per heavy atom. The van der Waals surface area contributed by atoms with E-state index in [1.807, 2.05) is 30.3 Å². The molecular weight excluding hydrogens is 324 g/mol. The molecule has 2 aromatic carbocycles. The minimum atomic E-state index is -0.0979. The maximum Gasteiger partial charge on any atom is 0.244 e. The lowest BCUT2D eigenvalue weighted by Crippen LogP contribution is -3.08. The molecule has 0 atom stereocenters. The van der Waals surface area contributed by atoms with E-state index in [0.29, 0.717) is 6.54 Å². The molecule has 0 saturated carbocycles. The lowest BCUT2D eigenvalue weighted by molar-refractivity contribution is -0.901. The third-order valence-electron chi connectivity index (χ3n) is 4.88. The Morgan fingerprint density at radius 2 is 1.77 bits per heavy atom. The largest absolute Gasteiger partial charge is 0.496 e. The number of rotatable bonds is 7. The molecule has 0 unspecified atom stereocenters. The highest BCUT2D eigenvalue weighted by Crippen LogP contribution is 2.18. The van der Waals surface area contributed by atoms with E-state index < -0.39 is 0 Å². The quantitative estimate of drug-likeness (QED) is 0.751. The Bertz CT molecular complexity index is 764. The van der Waals surface area contributed by atoms with Crippen LogP contribution in [0.25, 0.3) is 6.08 Å². The summed E-state index contributed by atoms with van der Waals surface area (Å²) in [6.07, 6.45) is 5.99. The highest BCUT2D eigenvalue weighted by molar-refractivity contribution is 5.92. The minimum absolute atomic E-state index is 0.0979. The van der Waals surface area contributed by atoms with Crippen molar-refractivity contribution < 1.29 is 14.4 Å². The number of carbonyl (C=O) groups excluding carboxylic acids is 1. The van der Waals surface area contributed by atoms with Crippen molar-refractivity contribution in [2.75, 3.05) is 20.2 Å². The molecular formula is C22H27N2O2+. The Balaban J connectivity index is 1.58. The SMILES string of the molecule is COc1ccccc1/C=C/C(=O)NCc1ccccc1C[NH+]1CCCC1. The van der Waals surface area contributed by atoms with Crippen molar-refractivity contribution in [3.8, 4) is 5.75 Å². The van der Waals surface area contributed by atoms with Crippen LogP contribution in [0.2, 0.25) is 0 Å². The van der Waals surface area contributed by atoms with Gasteiger partial charge in [-0.25, -0.2) is 0 Å². The van der Waals surface area contributed by atoms with E-state index in [0.717, 1.165) is 17.9 Å². The summed E-state index contributed by atoms with van der Waals surface area (Å²) in [6.45, 7) is 4.10. The molecule has 0 spiro atoms. The fraction of sp³-hybridized carbons (Fsp3) is 0.318. The summed E-state index contributed by atoms with van der Waals surface area (Å²) < 4.78 is 5.30. The summed E-state index contributed by atoms with van der Waals surface area (Å²) in [6, 6.07) is 16.1. The van der Waals surface area contributed by atoms with Gasteiger partial charge in [0.15, 0.2) is 0 Å².